The predicted molar refractivity (Wildman–Crippen MR) is 135 cm³/mol. The maximum atomic E-state index is 13.3. The molecule has 34 heavy (non-hydrogen) atoms. The number of aliphatic hydroxyl groups excluding tert-OH is 1. The van der Waals surface area contributed by atoms with Gasteiger partial charge in [-0.1, -0.05) is 49.7 Å². The van der Waals surface area contributed by atoms with E-state index in [-0.39, 0.29) is 24.4 Å². The second-order valence-corrected chi connectivity index (χ2v) is 9.92. The molecule has 6 nitrogen and oxygen atoms in total. The molecule has 0 radical (unpaired) electrons. The van der Waals surface area contributed by atoms with Gasteiger partial charge in [0.2, 0.25) is 5.91 Å². The Labute approximate surface area is 206 Å². The summed E-state index contributed by atoms with van der Waals surface area (Å²) in [6.45, 7) is 4.29. The average Bonchev–Trinajstić information content (AvgIpc) is 2.99. The molecule has 2 aromatic rings. The summed E-state index contributed by atoms with van der Waals surface area (Å²) in [5.41, 5.74) is 3.19. The highest BCUT2D eigenvalue weighted by Gasteiger charge is 2.32. The van der Waals surface area contributed by atoms with Gasteiger partial charge in [-0.25, -0.2) is 0 Å². The van der Waals surface area contributed by atoms with Crippen LogP contribution in [-0.4, -0.2) is 52.2 Å². The maximum absolute atomic E-state index is 13.3. The van der Waals surface area contributed by atoms with Gasteiger partial charge in [0, 0.05) is 23.2 Å². The summed E-state index contributed by atoms with van der Waals surface area (Å²) in [6, 6.07) is 15.4. The van der Waals surface area contributed by atoms with Crippen LogP contribution in [0.25, 0.3) is 0 Å². The molecule has 1 fully saturated rings. The number of hydrogen-bond donors (Lipinski definition) is 3. The normalized spacial score (nSPS) is 20.6. The van der Waals surface area contributed by atoms with E-state index in [1.807, 2.05) is 24.3 Å². The largest absolute Gasteiger partial charge is 0.480 e. The zero-order chi connectivity index (χ0) is 24.7. The number of rotatable bonds is 9. The number of carboxylic acid groups (broad SMARTS) is 1. The third-order valence-corrected chi connectivity index (χ3v) is 6.83. The Morgan fingerprint density at radius 2 is 1.79 bits per heavy atom. The first-order valence-corrected chi connectivity index (χ1v) is 12.4. The van der Waals surface area contributed by atoms with Gasteiger partial charge in [0.15, 0.2) is 0 Å². The fourth-order valence-corrected chi connectivity index (χ4v) is 4.64. The van der Waals surface area contributed by atoms with Crippen LogP contribution >= 0.6 is 11.6 Å². The van der Waals surface area contributed by atoms with Gasteiger partial charge in [0.1, 0.15) is 6.54 Å². The predicted octanol–water partition coefficient (Wildman–Crippen LogP) is 4.95. The zero-order valence-corrected chi connectivity index (χ0v) is 20.7. The van der Waals surface area contributed by atoms with Crippen LogP contribution in [-0.2, 0) is 16.0 Å². The molecule has 184 valence electrons. The number of benzene rings is 2. The summed E-state index contributed by atoms with van der Waals surface area (Å²) in [5, 5.41) is 24.2. The van der Waals surface area contributed by atoms with Crippen molar-refractivity contribution in [1.82, 2.24) is 4.90 Å². The molecular formula is C27H35ClN2O4. The smallest absolute Gasteiger partial charge is 0.323 e. The Hall–Kier alpha value is -2.57. The highest BCUT2D eigenvalue weighted by atomic mass is 35.5. The van der Waals surface area contributed by atoms with Crippen molar-refractivity contribution in [1.29, 1.82) is 0 Å². The van der Waals surface area contributed by atoms with E-state index in [2.05, 4.69) is 31.3 Å². The van der Waals surface area contributed by atoms with E-state index in [9.17, 15) is 19.8 Å². The quantitative estimate of drug-likeness (QED) is 0.436. The van der Waals surface area contributed by atoms with Crippen LogP contribution < -0.4 is 5.32 Å². The highest BCUT2D eigenvalue weighted by molar-refractivity contribution is 6.30. The number of carboxylic acids is 1. The van der Waals surface area contributed by atoms with Crippen molar-refractivity contribution < 1.29 is 19.8 Å². The van der Waals surface area contributed by atoms with Gasteiger partial charge in [0.05, 0.1) is 12.1 Å². The number of carbonyl (C=O) groups excluding carboxylic acids is 1. The van der Waals surface area contributed by atoms with Crippen molar-refractivity contribution in [2.45, 2.75) is 64.0 Å². The molecular weight excluding hydrogens is 452 g/mol. The second kappa shape index (κ2) is 12.2. The molecule has 0 saturated heterocycles. The monoisotopic (exact) mass is 486 g/mol. The minimum Gasteiger partial charge on any atom is -0.480 e. The minimum atomic E-state index is -1.03. The molecule has 3 rings (SSSR count). The Morgan fingerprint density at radius 3 is 2.47 bits per heavy atom. The number of aliphatic hydroxyl groups is 1. The first-order chi connectivity index (χ1) is 16.2. The second-order valence-electron chi connectivity index (χ2n) is 9.48. The van der Waals surface area contributed by atoms with E-state index in [1.165, 1.54) is 10.5 Å². The van der Waals surface area contributed by atoms with Crippen LogP contribution in [0, 0.1) is 5.92 Å². The third kappa shape index (κ3) is 7.47. The summed E-state index contributed by atoms with van der Waals surface area (Å²) in [6.07, 6.45) is 2.28. The van der Waals surface area contributed by atoms with E-state index in [0.717, 1.165) is 11.3 Å². The molecule has 0 bridgehead atoms. The van der Waals surface area contributed by atoms with Crippen molar-refractivity contribution in [3.8, 4) is 0 Å². The first kappa shape index (κ1) is 26.0. The van der Waals surface area contributed by atoms with Gasteiger partial charge in [-0.05, 0) is 73.4 Å². The lowest BCUT2D eigenvalue weighted by atomic mass is 9.98. The fourth-order valence-electron chi connectivity index (χ4n) is 4.51. The molecule has 3 atom stereocenters. The van der Waals surface area contributed by atoms with Gasteiger partial charge in [-0.3, -0.25) is 9.59 Å². The molecule has 0 unspecified atom stereocenters. The number of nitrogens with zero attached hydrogens (tertiary/aromatic N) is 1. The number of nitrogens with one attached hydrogen (secondary N) is 1. The molecule has 3 N–H and O–H groups in total. The number of anilines is 1. The number of aliphatic carboxylic acids is 1. The van der Waals surface area contributed by atoms with Crippen molar-refractivity contribution in [2.24, 2.45) is 5.92 Å². The third-order valence-electron chi connectivity index (χ3n) is 6.58. The number of amides is 1. The molecule has 0 aliphatic heterocycles. The topological polar surface area (TPSA) is 89.9 Å². The lowest BCUT2D eigenvalue weighted by Crippen LogP contribution is -2.41. The van der Waals surface area contributed by atoms with Crippen LogP contribution in [0.1, 0.15) is 56.6 Å². The Morgan fingerprint density at radius 1 is 1.09 bits per heavy atom. The van der Waals surface area contributed by atoms with E-state index in [1.54, 1.807) is 12.1 Å². The standard InChI is InChI=1S/C27H35ClN2O4/c1-18(2)21-4-3-5-23(16-21)29-24-12-8-20(9-13-25(24)31)27(34)30(17-26(32)33)15-14-19-6-10-22(28)11-7-19/h3-7,10-11,16,18,20,24-25,29,31H,8-9,12-15,17H2,1-2H3,(H,32,33)/t20-,24+,25+/m1/s1. The van der Waals surface area contributed by atoms with Crippen molar-refractivity contribution in [2.75, 3.05) is 18.4 Å². The van der Waals surface area contributed by atoms with E-state index < -0.39 is 12.1 Å². The Balaban J connectivity index is 1.63. The van der Waals surface area contributed by atoms with Crippen LogP contribution in [0.5, 0.6) is 0 Å². The molecule has 0 spiro atoms. The lowest BCUT2D eigenvalue weighted by molar-refractivity contribution is -0.146. The molecule has 2 aromatic carbocycles. The molecule has 1 aliphatic rings. The summed E-state index contributed by atoms with van der Waals surface area (Å²) in [7, 11) is 0. The maximum Gasteiger partial charge on any atom is 0.323 e. The van der Waals surface area contributed by atoms with E-state index in [0.29, 0.717) is 49.6 Å². The van der Waals surface area contributed by atoms with Crippen LogP contribution in [0.4, 0.5) is 5.69 Å². The van der Waals surface area contributed by atoms with Crippen LogP contribution in [0.15, 0.2) is 48.5 Å². The molecule has 1 aliphatic carbocycles. The van der Waals surface area contributed by atoms with Gasteiger partial charge in [-0.15, -0.1) is 0 Å². The van der Waals surface area contributed by atoms with Crippen molar-refractivity contribution in [3.63, 3.8) is 0 Å². The van der Waals surface area contributed by atoms with Gasteiger partial charge < -0.3 is 20.4 Å². The summed E-state index contributed by atoms with van der Waals surface area (Å²) >= 11 is 5.94. The van der Waals surface area contributed by atoms with E-state index in [4.69, 9.17) is 11.6 Å². The fraction of sp³-hybridized carbons (Fsp3) is 0.481. The number of carbonyl (C=O) groups is 2. The van der Waals surface area contributed by atoms with Crippen molar-refractivity contribution in [3.05, 3.63) is 64.7 Å². The van der Waals surface area contributed by atoms with E-state index >= 15 is 0 Å². The molecule has 0 heterocycles. The number of hydrogen-bond acceptors (Lipinski definition) is 4. The van der Waals surface area contributed by atoms with Crippen LogP contribution in [0.2, 0.25) is 5.02 Å². The SMILES string of the molecule is CC(C)c1cccc(N[C@H]2CC[C@@H](C(=O)N(CCc3ccc(Cl)cc3)CC(=O)O)CC[C@@H]2O)c1. The van der Waals surface area contributed by atoms with Gasteiger partial charge in [-0.2, -0.15) is 0 Å². The minimum absolute atomic E-state index is 0.147. The summed E-state index contributed by atoms with van der Waals surface area (Å²) in [5.74, 6) is -1.06. The van der Waals surface area contributed by atoms with Crippen molar-refractivity contribution >= 4 is 29.2 Å². The van der Waals surface area contributed by atoms with Gasteiger partial charge >= 0.3 is 5.97 Å². The molecule has 1 amide bonds. The molecule has 1 saturated carbocycles. The Bertz CT molecular complexity index is 963. The number of halogens is 1. The molecule has 0 aromatic heterocycles. The zero-order valence-electron chi connectivity index (χ0n) is 19.9. The first-order valence-electron chi connectivity index (χ1n) is 12.0. The molecule has 7 heteroatoms. The lowest BCUT2D eigenvalue weighted by Gasteiger charge is -2.26. The summed E-state index contributed by atoms with van der Waals surface area (Å²) in [4.78, 5) is 26.2. The highest BCUT2D eigenvalue weighted by Crippen LogP contribution is 2.28. The van der Waals surface area contributed by atoms with Crippen LogP contribution in [0.3, 0.4) is 0 Å². The van der Waals surface area contributed by atoms with Gasteiger partial charge in [0.25, 0.3) is 0 Å². The summed E-state index contributed by atoms with van der Waals surface area (Å²) < 4.78 is 0. The average molecular weight is 487 g/mol. The Kier molecular flexibility index (Phi) is 9.36.